The van der Waals surface area contributed by atoms with Crippen molar-refractivity contribution in [2.75, 3.05) is 19.0 Å². The van der Waals surface area contributed by atoms with Crippen molar-refractivity contribution in [2.45, 2.75) is 0 Å². The molecule has 0 saturated carbocycles. The quantitative estimate of drug-likeness (QED) is 0.682. The number of anilines is 1. The van der Waals surface area contributed by atoms with Crippen LogP contribution in [0.3, 0.4) is 0 Å². The molecule has 0 atom stereocenters. The number of carbonyl (C=O) groups is 1. The van der Waals surface area contributed by atoms with Gasteiger partial charge in [-0.05, 0) is 24.3 Å². The van der Waals surface area contributed by atoms with Crippen molar-refractivity contribution in [1.29, 1.82) is 0 Å². The lowest BCUT2D eigenvalue weighted by molar-refractivity contribution is 0.112. The van der Waals surface area contributed by atoms with Crippen LogP contribution in [0.1, 0.15) is 10.5 Å². The third kappa shape index (κ3) is 1.84. The summed E-state index contributed by atoms with van der Waals surface area (Å²) in [6, 6.07) is 9.59. The van der Waals surface area contributed by atoms with Crippen molar-refractivity contribution >= 4 is 17.6 Å². The molecule has 0 aliphatic rings. The molecule has 3 aromatic rings. The molecule has 0 aliphatic carbocycles. The molecule has 0 unspecified atom stereocenters. The fourth-order valence-electron chi connectivity index (χ4n) is 2.27. The summed E-state index contributed by atoms with van der Waals surface area (Å²) in [7, 11) is 3.93. The van der Waals surface area contributed by atoms with Crippen molar-refractivity contribution in [3.63, 3.8) is 0 Å². The molecule has 0 bridgehead atoms. The third-order valence-electron chi connectivity index (χ3n) is 3.18. The van der Waals surface area contributed by atoms with E-state index in [0.717, 1.165) is 29.0 Å². The lowest BCUT2D eigenvalue weighted by Crippen LogP contribution is -2.13. The van der Waals surface area contributed by atoms with Crippen LogP contribution in [0.2, 0.25) is 0 Å². The Hall–Kier alpha value is -2.69. The van der Waals surface area contributed by atoms with Crippen molar-refractivity contribution in [3.05, 3.63) is 48.4 Å². The second-order valence-corrected chi connectivity index (χ2v) is 4.67. The molecule has 0 amide bonds. The number of hydrogen-bond donors (Lipinski definition) is 0. The lowest BCUT2D eigenvalue weighted by Gasteiger charge is -2.16. The van der Waals surface area contributed by atoms with Crippen molar-refractivity contribution in [1.82, 2.24) is 14.4 Å². The highest BCUT2D eigenvalue weighted by atomic mass is 16.1. The highest BCUT2D eigenvalue weighted by Gasteiger charge is 2.15. The summed E-state index contributed by atoms with van der Waals surface area (Å²) in [4.78, 5) is 21.7. The molecule has 100 valence electrons. The van der Waals surface area contributed by atoms with Gasteiger partial charge in [0.15, 0.2) is 6.29 Å². The van der Waals surface area contributed by atoms with Gasteiger partial charge in [-0.15, -0.1) is 0 Å². The number of pyridine rings is 2. The van der Waals surface area contributed by atoms with Crippen LogP contribution in [0.25, 0.3) is 16.9 Å². The summed E-state index contributed by atoms with van der Waals surface area (Å²) < 4.78 is 1.99. The van der Waals surface area contributed by atoms with E-state index in [2.05, 4.69) is 9.97 Å². The van der Waals surface area contributed by atoms with Crippen LogP contribution in [0.4, 0.5) is 5.82 Å². The number of nitrogens with zero attached hydrogens (tertiary/aromatic N) is 4. The zero-order valence-electron chi connectivity index (χ0n) is 11.3. The van der Waals surface area contributed by atoms with E-state index < -0.39 is 0 Å². The first-order chi connectivity index (χ1) is 9.72. The molecule has 5 nitrogen and oxygen atoms in total. The van der Waals surface area contributed by atoms with E-state index in [9.17, 15) is 4.79 Å². The van der Waals surface area contributed by atoms with Gasteiger partial charge in [-0.1, -0.05) is 6.07 Å². The van der Waals surface area contributed by atoms with E-state index in [0.29, 0.717) is 5.69 Å². The molecule has 0 N–H and O–H groups in total. The van der Waals surface area contributed by atoms with Gasteiger partial charge in [0, 0.05) is 32.1 Å². The highest BCUT2D eigenvalue weighted by Crippen LogP contribution is 2.26. The predicted molar refractivity (Wildman–Crippen MR) is 78.1 cm³/mol. The van der Waals surface area contributed by atoms with E-state index in [1.165, 1.54) is 0 Å². The maximum atomic E-state index is 11.2. The zero-order chi connectivity index (χ0) is 14.1. The maximum Gasteiger partial charge on any atom is 0.170 e. The second kappa shape index (κ2) is 4.77. The maximum absolute atomic E-state index is 11.2. The van der Waals surface area contributed by atoms with Gasteiger partial charge in [0.05, 0.1) is 5.52 Å². The Bertz CT molecular complexity index is 762. The Morgan fingerprint density at radius 2 is 1.90 bits per heavy atom. The molecule has 0 spiro atoms. The minimum atomic E-state index is 0.445. The Labute approximate surface area is 116 Å². The van der Waals surface area contributed by atoms with E-state index in [4.69, 9.17) is 0 Å². The van der Waals surface area contributed by atoms with E-state index in [1.54, 1.807) is 12.4 Å². The molecule has 0 aliphatic heterocycles. The number of hydrogen-bond acceptors (Lipinski definition) is 4. The fraction of sp³-hybridized carbons (Fsp3) is 0.133. The van der Waals surface area contributed by atoms with Gasteiger partial charge >= 0.3 is 0 Å². The molecule has 3 rings (SSSR count). The molecule has 0 radical (unpaired) electrons. The van der Waals surface area contributed by atoms with Gasteiger partial charge in [0.2, 0.25) is 0 Å². The minimum absolute atomic E-state index is 0.445. The van der Waals surface area contributed by atoms with Gasteiger partial charge < -0.3 is 4.90 Å². The summed E-state index contributed by atoms with van der Waals surface area (Å²) in [5, 5.41) is 0. The Morgan fingerprint density at radius 3 is 2.55 bits per heavy atom. The normalized spacial score (nSPS) is 10.7. The van der Waals surface area contributed by atoms with E-state index in [1.807, 2.05) is 53.7 Å². The smallest absolute Gasteiger partial charge is 0.170 e. The van der Waals surface area contributed by atoms with Crippen molar-refractivity contribution in [2.24, 2.45) is 0 Å². The van der Waals surface area contributed by atoms with Crippen LogP contribution in [-0.4, -0.2) is 34.8 Å². The predicted octanol–water partition coefficient (Wildman–Crippen LogP) is 2.27. The third-order valence-corrected chi connectivity index (χ3v) is 3.18. The zero-order valence-corrected chi connectivity index (χ0v) is 11.3. The van der Waals surface area contributed by atoms with Gasteiger partial charge in [0.1, 0.15) is 17.3 Å². The molecule has 3 aromatic heterocycles. The van der Waals surface area contributed by atoms with Gasteiger partial charge in [0.25, 0.3) is 0 Å². The Kier molecular flexibility index (Phi) is 2.95. The average molecular weight is 266 g/mol. The highest BCUT2D eigenvalue weighted by molar-refractivity contribution is 5.87. The van der Waals surface area contributed by atoms with Crippen molar-refractivity contribution < 1.29 is 4.79 Å². The molecular weight excluding hydrogens is 252 g/mol. The number of aromatic nitrogens is 3. The first-order valence-corrected chi connectivity index (χ1v) is 6.26. The van der Waals surface area contributed by atoms with Crippen LogP contribution < -0.4 is 4.90 Å². The second-order valence-electron chi connectivity index (χ2n) is 4.67. The number of imidazole rings is 1. The molecule has 5 heteroatoms. The lowest BCUT2D eigenvalue weighted by atomic mass is 10.2. The number of fused-ring (bicyclic) bond motifs is 1. The summed E-state index contributed by atoms with van der Waals surface area (Å²) >= 11 is 0. The number of carbonyl (C=O) groups excluding carboxylic acids is 1. The first-order valence-electron chi connectivity index (χ1n) is 6.26. The Balaban J connectivity index is 2.40. The van der Waals surface area contributed by atoms with E-state index >= 15 is 0 Å². The SMILES string of the molecule is CN(C)c1cccc2c(C=O)nc(-c3ccncc3)n12. The molecule has 0 saturated heterocycles. The van der Waals surface area contributed by atoms with Gasteiger partial charge in [-0.3, -0.25) is 14.2 Å². The van der Waals surface area contributed by atoms with Crippen LogP contribution in [0.5, 0.6) is 0 Å². The van der Waals surface area contributed by atoms with Gasteiger partial charge in [-0.2, -0.15) is 0 Å². The molecule has 3 heterocycles. The Morgan fingerprint density at radius 1 is 1.15 bits per heavy atom. The minimum Gasteiger partial charge on any atom is -0.364 e. The van der Waals surface area contributed by atoms with Crippen molar-refractivity contribution in [3.8, 4) is 11.4 Å². The topological polar surface area (TPSA) is 50.5 Å². The summed E-state index contributed by atoms with van der Waals surface area (Å²) in [5.74, 6) is 1.71. The van der Waals surface area contributed by atoms with Crippen LogP contribution in [0, 0.1) is 0 Å². The summed E-state index contributed by atoms with van der Waals surface area (Å²) in [6.07, 6.45) is 4.23. The molecule has 20 heavy (non-hydrogen) atoms. The first kappa shape index (κ1) is 12.3. The van der Waals surface area contributed by atoms with Crippen LogP contribution >= 0.6 is 0 Å². The largest absolute Gasteiger partial charge is 0.364 e. The summed E-state index contributed by atoms with van der Waals surface area (Å²) in [6.45, 7) is 0. The van der Waals surface area contributed by atoms with Gasteiger partial charge in [-0.25, -0.2) is 4.98 Å². The number of rotatable bonds is 3. The number of aldehydes is 1. The molecule has 0 aromatic carbocycles. The standard InChI is InChI=1S/C15H14N4O/c1-18(2)14-5-3-4-13-12(10-20)17-15(19(13)14)11-6-8-16-9-7-11/h3-10H,1-2H3. The fourth-order valence-corrected chi connectivity index (χ4v) is 2.27. The summed E-state index contributed by atoms with van der Waals surface area (Å²) in [5.41, 5.74) is 2.18. The van der Waals surface area contributed by atoms with Crippen LogP contribution in [-0.2, 0) is 0 Å². The molecule has 0 fully saturated rings. The molecular formula is C15H14N4O. The monoisotopic (exact) mass is 266 g/mol. The van der Waals surface area contributed by atoms with Crippen LogP contribution in [0.15, 0.2) is 42.7 Å². The van der Waals surface area contributed by atoms with E-state index in [-0.39, 0.29) is 0 Å². The average Bonchev–Trinajstić information content (AvgIpc) is 2.86.